The molecule has 0 spiro atoms. The highest BCUT2D eigenvalue weighted by Crippen LogP contribution is 2.19. The lowest BCUT2D eigenvalue weighted by Crippen LogP contribution is -2.17. The normalized spacial score (nSPS) is 10.2. The van der Waals surface area contributed by atoms with Crippen molar-refractivity contribution in [2.24, 2.45) is 0 Å². The van der Waals surface area contributed by atoms with Crippen LogP contribution in [0.25, 0.3) is 0 Å². The van der Waals surface area contributed by atoms with Crippen LogP contribution in [0.4, 0.5) is 4.39 Å². The van der Waals surface area contributed by atoms with Gasteiger partial charge in [-0.2, -0.15) is 0 Å². The molecule has 0 unspecified atom stereocenters. The second kappa shape index (κ2) is 10.6. The summed E-state index contributed by atoms with van der Waals surface area (Å²) >= 11 is 0. The van der Waals surface area contributed by atoms with Gasteiger partial charge < -0.3 is 10.1 Å². The molecule has 3 aromatic rings. The van der Waals surface area contributed by atoms with Crippen molar-refractivity contribution in [1.29, 1.82) is 0 Å². The van der Waals surface area contributed by atoms with Crippen LogP contribution in [0.1, 0.15) is 16.7 Å². The highest BCUT2D eigenvalue weighted by molar-refractivity contribution is 5.85. The minimum atomic E-state index is -0.143. The molecular weight excluding hydrogens is 349 g/mol. The van der Waals surface area contributed by atoms with Crippen molar-refractivity contribution < 1.29 is 9.13 Å². The molecule has 0 aromatic heterocycles. The van der Waals surface area contributed by atoms with Crippen molar-refractivity contribution in [1.82, 2.24) is 5.32 Å². The molecule has 0 aliphatic carbocycles. The van der Waals surface area contributed by atoms with E-state index in [1.165, 1.54) is 6.07 Å². The zero-order valence-electron chi connectivity index (χ0n) is 14.5. The lowest BCUT2D eigenvalue weighted by molar-refractivity contribution is 0.302. The smallest absolute Gasteiger partial charge is 0.126 e. The Kier molecular flexibility index (Phi) is 8.13. The predicted molar refractivity (Wildman–Crippen MR) is 106 cm³/mol. The van der Waals surface area contributed by atoms with Crippen LogP contribution in [-0.4, -0.2) is 6.54 Å². The van der Waals surface area contributed by atoms with E-state index in [0.29, 0.717) is 26.1 Å². The summed E-state index contributed by atoms with van der Waals surface area (Å²) in [5.74, 6) is 0.737. The number of rotatable bonds is 8. The van der Waals surface area contributed by atoms with E-state index in [9.17, 15) is 4.39 Å². The highest BCUT2D eigenvalue weighted by atomic mass is 35.5. The van der Waals surface area contributed by atoms with Crippen LogP contribution in [0.3, 0.4) is 0 Å². The molecule has 0 aliphatic heterocycles. The number of benzene rings is 3. The summed E-state index contributed by atoms with van der Waals surface area (Å²) in [7, 11) is 0. The Hall–Kier alpha value is -2.36. The predicted octanol–water partition coefficient (Wildman–Crippen LogP) is 5.16. The van der Waals surface area contributed by atoms with Crippen LogP contribution in [0, 0.1) is 5.82 Å². The van der Waals surface area contributed by atoms with Crippen LogP contribution in [-0.2, 0) is 19.6 Å². The first-order chi connectivity index (χ1) is 12.3. The van der Waals surface area contributed by atoms with E-state index in [4.69, 9.17) is 4.74 Å². The van der Waals surface area contributed by atoms with Gasteiger partial charge in [-0.25, -0.2) is 4.39 Å². The zero-order chi connectivity index (χ0) is 17.3. The molecule has 0 atom stereocenters. The largest absolute Gasteiger partial charge is 0.489 e. The second-order valence-electron chi connectivity index (χ2n) is 5.90. The number of hydrogen-bond donors (Lipinski definition) is 1. The van der Waals surface area contributed by atoms with Gasteiger partial charge in [-0.05, 0) is 36.2 Å². The molecule has 4 heteroatoms. The summed E-state index contributed by atoms with van der Waals surface area (Å²) in [5.41, 5.74) is 2.99. The molecule has 0 saturated heterocycles. The summed E-state index contributed by atoms with van der Waals surface area (Å²) in [6.07, 6.45) is 0.666. The molecular formula is C22H23ClFNO. The summed E-state index contributed by atoms with van der Waals surface area (Å²) in [5, 5.41) is 3.37. The molecule has 0 fully saturated rings. The molecule has 0 saturated carbocycles. The summed E-state index contributed by atoms with van der Waals surface area (Å²) in [6.45, 7) is 1.96. The van der Waals surface area contributed by atoms with E-state index >= 15 is 0 Å². The molecule has 3 rings (SSSR count). The van der Waals surface area contributed by atoms with Crippen LogP contribution in [0.15, 0.2) is 78.9 Å². The molecule has 1 N–H and O–H groups in total. The fourth-order valence-corrected chi connectivity index (χ4v) is 2.67. The van der Waals surface area contributed by atoms with Crippen molar-refractivity contribution in [3.05, 3.63) is 101 Å². The lowest BCUT2D eigenvalue weighted by Gasteiger charge is -2.12. The first-order valence-corrected chi connectivity index (χ1v) is 8.51. The van der Waals surface area contributed by atoms with Crippen LogP contribution in [0.2, 0.25) is 0 Å². The van der Waals surface area contributed by atoms with E-state index < -0.39 is 0 Å². The van der Waals surface area contributed by atoms with E-state index in [1.54, 1.807) is 6.07 Å². The Labute approximate surface area is 160 Å². The molecule has 0 heterocycles. The van der Waals surface area contributed by atoms with Gasteiger partial charge in [-0.15, -0.1) is 12.4 Å². The van der Waals surface area contributed by atoms with E-state index in [-0.39, 0.29) is 18.2 Å². The average molecular weight is 372 g/mol. The van der Waals surface area contributed by atoms with Crippen LogP contribution >= 0.6 is 12.4 Å². The first-order valence-electron chi connectivity index (χ1n) is 8.51. The third kappa shape index (κ3) is 5.87. The maximum atomic E-state index is 13.6. The topological polar surface area (TPSA) is 21.3 Å². The number of para-hydroxylation sites is 1. The van der Waals surface area contributed by atoms with Crippen LogP contribution in [0.5, 0.6) is 5.75 Å². The van der Waals surface area contributed by atoms with Gasteiger partial charge in [0.05, 0.1) is 0 Å². The van der Waals surface area contributed by atoms with Crippen molar-refractivity contribution in [2.45, 2.75) is 19.6 Å². The number of hydrogen-bond acceptors (Lipinski definition) is 2. The molecule has 0 bridgehead atoms. The summed E-state index contributed by atoms with van der Waals surface area (Å²) in [4.78, 5) is 0. The van der Waals surface area contributed by atoms with Gasteiger partial charge in [0.25, 0.3) is 0 Å². The number of nitrogens with one attached hydrogen (secondary N) is 1. The molecule has 0 radical (unpaired) electrons. The average Bonchev–Trinajstić information content (AvgIpc) is 2.66. The third-order valence-electron chi connectivity index (χ3n) is 4.05. The van der Waals surface area contributed by atoms with Gasteiger partial charge in [0.2, 0.25) is 0 Å². The monoisotopic (exact) mass is 371 g/mol. The van der Waals surface area contributed by atoms with Crippen molar-refractivity contribution >= 4 is 12.4 Å². The zero-order valence-corrected chi connectivity index (χ0v) is 15.3. The molecule has 0 aliphatic rings. The Morgan fingerprint density at radius 3 is 2.19 bits per heavy atom. The van der Waals surface area contributed by atoms with Gasteiger partial charge >= 0.3 is 0 Å². The van der Waals surface area contributed by atoms with Crippen LogP contribution < -0.4 is 10.1 Å². The molecule has 136 valence electrons. The summed E-state index contributed by atoms with van der Waals surface area (Å²) in [6, 6.07) is 25.0. The third-order valence-corrected chi connectivity index (χ3v) is 4.05. The Morgan fingerprint density at radius 2 is 1.42 bits per heavy atom. The fraction of sp³-hybridized carbons (Fsp3) is 0.182. The minimum Gasteiger partial charge on any atom is -0.489 e. The fourth-order valence-electron chi connectivity index (χ4n) is 2.67. The van der Waals surface area contributed by atoms with Gasteiger partial charge in [0.1, 0.15) is 18.2 Å². The lowest BCUT2D eigenvalue weighted by atomic mass is 10.1. The maximum absolute atomic E-state index is 13.6. The number of halogens is 2. The standard InChI is InChI=1S/C22H22FNO.ClH/c23-21-12-6-4-10-19(21)14-15-24-16-20-11-5-7-13-22(20)25-17-18-8-2-1-3-9-18;/h1-13,24H,14-17H2;1H. The van der Waals surface area contributed by atoms with Crippen molar-refractivity contribution in [3.8, 4) is 5.75 Å². The molecule has 2 nitrogen and oxygen atoms in total. The van der Waals surface area contributed by atoms with Gasteiger partial charge in [0, 0.05) is 12.1 Å². The van der Waals surface area contributed by atoms with Gasteiger partial charge in [0.15, 0.2) is 0 Å². The SMILES string of the molecule is Cl.Fc1ccccc1CCNCc1ccccc1OCc1ccccc1. The molecule has 0 amide bonds. The van der Waals surface area contributed by atoms with E-state index in [1.807, 2.05) is 48.5 Å². The second-order valence-corrected chi connectivity index (χ2v) is 5.90. The van der Waals surface area contributed by atoms with E-state index in [0.717, 1.165) is 22.4 Å². The Morgan fingerprint density at radius 1 is 0.769 bits per heavy atom. The Balaban J connectivity index is 0.00000243. The minimum absolute atomic E-state index is 0. The first kappa shape index (κ1) is 20.0. The van der Waals surface area contributed by atoms with Gasteiger partial charge in [-0.3, -0.25) is 0 Å². The van der Waals surface area contributed by atoms with Crippen molar-refractivity contribution in [3.63, 3.8) is 0 Å². The number of ether oxygens (including phenoxy) is 1. The maximum Gasteiger partial charge on any atom is 0.126 e. The molecule has 26 heavy (non-hydrogen) atoms. The summed E-state index contributed by atoms with van der Waals surface area (Å²) < 4.78 is 19.6. The molecule has 3 aromatic carbocycles. The van der Waals surface area contributed by atoms with Crippen molar-refractivity contribution in [2.75, 3.05) is 6.54 Å². The highest BCUT2D eigenvalue weighted by Gasteiger charge is 2.04. The Bertz CT molecular complexity index is 795. The van der Waals surface area contributed by atoms with Gasteiger partial charge in [-0.1, -0.05) is 66.7 Å². The quantitative estimate of drug-likeness (QED) is 0.552. The van der Waals surface area contributed by atoms with E-state index in [2.05, 4.69) is 23.5 Å².